The third kappa shape index (κ3) is 5.91. The maximum absolute atomic E-state index is 14.7. The zero-order valence-electron chi connectivity index (χ0n) is 25.2. The topological polar surface area (TPSA) is 88.8 Å². The number of carbonyl (C=O) groups excluding carboxylic acids is 1. The van der Waals surface area contributed by atoms with Crippen LogP contribution in [0.1, 0.15) is 31.0 Å². The molecule has 0 bridgehead atoms. The van der Waals surface area contributed by atoms with Gasteiger partial charge in [0.05, 0.1) is 35.8 Å². The Morgan fingerprint density at radius 2 is 2.00 bits per heavy atom. The number of hydrogen-bond acceptors (Lipinski definition) is 8. The first kappa shape index (κ1) is 30.1. The van der Waals surface area contributed by atoms with Gasteiger partial charge in [0.1, 0.15) is 18.1 Å². The molecular weight excluding hydrogens is 581 g/mol. The Morgan fingerprint density at radius 3 is 2.73 bits per heavy atom. The minimum atomic E-state index is -1.26. The number of likely N-dealkylation sites (N-methyl/N-ethyl adjacent to an activating group) is 1. The molecule has 1 aromatic heterocycles. The van der Waals surface area contributed by atoms with E-state index in [1.54, 1.807) is 11.8 Å². The minimum absolute atomic E-state index is 0.0872. The maximum atomic E-state index is 14.7. The van der Waals surface area contributed by atoms with Gasteiger partial charge in [-0.05, 0) is 44.0 Å². The van der Waals surface area contributed by atoms with E-state index in [-0.39, 0.29) is 37.0 Å². The van der Waals surface area contributed by atoms with Crippen molar-refractivity contribution < 1.29 is 13.9 Å². The summed E-state index contributed by atoms with van der Waals surface area (Å²) in [6.07, 6.45) is 2.59. The highest BCUT2D eigenvalue weighted by molar-refractivity contribution is 6.36. The molecule has 0 radical (unpaired) electrons. The van der Waals surface area contributed by atoms with Gasteiger partial charge >= 0.3 is 6.01 Å². The predicted molar refractivity (Wildman–Crippen MR) is 170 cm³/mol. The number of nitriles is 1. The zero-order chi connectivity index (χ0) is 31.0. The monoisotopic (exact) mass is 617 g/mol. The van der Waals surface area contributed by atoms with Crippen LogP contribution < -0.4 is 14.5 Å². The fraction of sp³-hybridized carbons (Fsp3) is 0.455. The number of benzene rings is 2. The minimum Gasteiger partial charge on any atom is -0.462 e. The number of aromatic nitrogens is 2. The van der Waals surface area contributed by atoms with Gasteiger partial charge in [-0.25, -0.2) is 4.39 Å². The Hall–Kier alpha value is -3.94. The van der Waals surface area contributed by atoms with E-state index >= 15 is 0 Å². The number of amides is 1. The fourth-order valence-corrected chi connectivity index (χ4v) is 7.19. The molecule has 2 saturated heterocycles. The quantitative estimate of drug-likeness (QED) is 0.350. The SMILES string of the molecule is C=CC(=O)N1CCN(c2nc(OC[C@@H]3CC(C)(F)CN3C)nc3c2CCN(c2cccc4cccc(Cl)c24)C3)C[C@@H]1CC#N. The molecule has 44 heavy (non-hydrogen) atoms. The van der Waals surface area contributed by atoms with Crippen LogP contribution in [0.3, 0.4) is 0 Å². The van der Waals surface area contributed by atoms with Crippen LogP contribution in [0.15, 0.2) is 49.1 Å². The van der Waals surface area contributed by atoms with Gasteiger partial charge in [-0.15, -0.1) is 0 Å². The highest BCUT2D eigenvalue weighted by atomic mass is 35.5. The van der Waals surface area contributed by atoms with E-state index in [1.165, 1.54) is 6.08 Å². The summed E-state index contributed by atoms with van der Waals surface area (Å²) in [5, 5.41) is 12.3. The molecule has 9 nitrogen and oxygen atoms in total. The third-order valence-electron chi connectivity index (χ3n) is 9.03. The van der Waals surface area contributed by atoms with Gasteiger partial charge in [-0.2, -0.15) is 15.2 Å². The number of rotatable bonds is 7. The first-order valence-electron chi connectivity index (χ1n) is 15.1. The van der Waals surface area contributed by atoms with Gasteiger partial charge in [0.2, 0.25) is 5.91 Å². The van der Waals surface area contributed by atoms with Gasteiger partial charge in [0.25, 0.3) is 0 Å². The second kappa shape index (κ2) is 12.2. The van der Waals surface area contributed by atoms with E-state index in [9.17, 15) is 14.4 Å². The summed E-state index contributed by atoms with van der Waals surface area (Å²) in [5.41, 5.74) is 1.68. The number of anilines is 2. The summed E-state index contributed by atoms with van der Waals surface area (Å²) >= 11 is 6.69. The normalized spacial score (nSPS) is 23.8. The number of fused-ring (bicyclic) bond motifs is 2. The molecule has 3 aliphatic heterocycles. The highest BCUT2D eigenvalue weighted by Gasteiger charge is 2.40. The van der Waals surface area contributed by atoms with Gasteiger partial charge in [0.15, 0.2) is 0 Å². The number of likely N-dealkylation sites (tertiary alicyclic amines) is 1. The van der Waals surface area contributed by atoms with E-state index in [1.807, 2.05) is 30.1 Å². The number of piperazine rings is 1. The van der Waals surface area contributed by atoms with Crippen LogP contribution in [-0.2, 0) is 17.8 Å². The fourth-order valence-electron chi connectivity index (χ4n) is 6.91. The molecule has 1 amide bonds. The lowest BCUT2D eigenvalue weighted by atomic mass is 10.0. The number of halogens is 2. The van der Waals surface area contributed by atoms with Gasteiger partial charge < -0.3 is 19.4 Å². The first-order chi connectivity index (χ1) is 21.2. The smallest absolute Gasteiger partial charge is 0.318 e. The molecule has 6 rings (SSSR count). The van der Waals surface area contributed by atoms with Gasteiger partial charge in [-0.1, -0.05) is 42.4 Å². The van der Waals surface area contributed by atoms with Crippen LogP contribution in [0.5, 0.6) is 6.01 Å². The van der Waals surface area contributed by atoms with Crippen molar-refractivity contribution >= 4 is 39.8 Å². The summed E-state index contributed by atoms with van der Waals surface area (Å²) in [6.45, 7) is 8.64. The molecule has 2 fully saturated rings. The second-order valence-corrected chi connectivity index (χ2v) is 12.6. The van der Waals surface area contributed by atoms with Crippen LogP contribution in [0, 0.1) is 11.3 Å². The molecule has 0 N–H and O–H groups in total. The number of ether oxygens (including phenoxy) is 1. The number of hydrogen-bond donors (Lipinski definition) is 0. The van der Waals surface area contributed by atoms with Crippen molar-refractivity contribution in [2.45, 2.75) is 50.5 Å². The first-order valence-corrected chi connectivity index (χ1v) is 15.4. The number of alkyl halides is 1. The Balaban J connectivity index is 1.34. The Morgan fingerprint density at radius 1 is 1.20 bits per heavy atom. The largest absolute Gasteiger partial charge is 0.462 e. The van der Waals surface area contributed by atoms with Crippen LogP contribution in [0.4, 0.5) is 15.9 Å². The molecule has 11 heteroatoms. The molecule has 3 aromatic rings. The van der Waals surface area contributed by atoms with Crippen molar-refractivity contribution in [3.8, 4) is 12.1 Å². The van der Waals surface area contributed by atoms with Crippen molar-refractivity contribution in [2.24, 2.45) is 0 Å². The lowest BCUT2D eigenvalue weighted by Crippen LogP contribution is -2.55. The zero-order valence-corrected chi connectivity index (χ0v) is 25.9. The Labute approximate surface area is 262 Å². The van der Waals surface area contributed by atoms with E-state index < -0.39 is 5.67 Å². The summed E-state index contributed by atoms with van der Waals surface area (Å²) in [5.74, 6) is 0.591. The molecule has 3 aliphatic rings. The van der Waals surface area contributed by atoms with Crippen molar-refractivity contribution in [1.82, 2.24) is 19.8 Å². The second-order valence-electron chi connectivity index (χ2n) is 12.2. The Bertz CT molecular complexity index is 1620. The lowest BCUT2D eigenvalue weighted by molar-refractivity contribution is -0.128. The summed E-state index contributed by atoms with van der Waals surface area (Å²) in [6, 6.07) is 14.2. The molecule has 2 aromatic carbocycles. The van der Waals surface area contributed by atoms with Crippen LogP contribution in [0.25, 0.3) is 10.8 Å². The van der Waals surface area contributed by atoms with Crippen LogP contribution >= 0.6 is 11.6 Å². The highest BCUT2D eigenvalue weighted by Crippen LogP contribution is 2.37. The summed E-state index contributed by atoms with van der Waals surface area (Å²) in [4.78, 5) is 30.5. The van der Waals surface area contributed by atoms with Crippen LogP contribution in [0.2, 0.25) is 5.02 Å². The summed E-state index contributed by atoms with van der Waals surface area (Å²) < 4.78 is 20.9. The average molecular weight is 618 g/mol. The van der Waals surface area contributed by atoms with Crippen molar-refractivity contribution in [3.05, 3.63) is 65.3 Å². The van der Waals surface area contributed by atoms with Gasteiger partial charge in [-0.3, -0.25) is 9.69 Å². The molecule has 0 aliphatic carbocycles. The van der Waals surface area contributed by atoms with E-state index in [4.69, 9.17) is 26.3 Å². The molecule has 4 heterocycles. The van der Waals surface area contributed by atoms with Crippen molar-refractivity contribution in [1.29, 1.82) is 5.26 Å². The van der Waals surface area contributed by atoms with Crippen molar-refractivity contribution in [3.63, 3.8) is 0 Å². The van der Waals surface area contributed by atoms with E-state index in [0.29, 0.717) is 50.6 Å². The lowest BCUT2D eigenvalue weighted by Gasteiger charge is -2.42. The van der Waals surface area contributed by atoms with Crippen LogP contribution in [-0.4, -0.2) is 89.8 Å². The third-order valence-corrected chi connectivity index (χ3v) is 9.35. The molecule has 0 saturated carbocycles. The molecule has 3 atom stereocenters. The molecular formula is C33H37ClFN7O2. The number of carbonyl (C=O) groups is 1. The van der Waals surface area contributed by atoms with E-state index in [0.717, 1.165) is 40.1 Å². The maximum Gasteiger partial charge on any atom is 0.318 e. The van der Waals surface area contributed by atoms with Crippen molar-refractivity contribution in [2.75, 3.05) is 56.2 Å². The Kier molecular flexibility index (Phi) is 8.36. The van der Waals surface area contributed by atoms with E-state index in [2.05, 4.69) is 40.6 Å². The van der Waals surface area contributed by atoms with Gasteiger partial charge in [0, 0.05) is 61.8 Å². The molecule has 1 unspecified atom stereocenters. The molecule has 230 valence electrons. The summed E-state index contributed by atoms with van der Waals surface area (Å²) in [7, 11) is 1.91. The number of nitrogens with zero attached hydrogens (tertiary/aromatic N) is 7. The average Bonchev–Trinajstić information content (AvgIpc) is 3.29. The standard InChI is InChI=1S/C33H37ClFN7O2/c1-4-29(43)42-16-15-41(18-23(42)11-13-36)31-25-12-14-40(28-10-6-8-22-7-5-9-26(34)30(22)28)19-27(25)37-32(38-31)44-20-24-17-33(2,35)21-39(24)3/h4-10,23-24H,1,11-12,14-21H2,2-3H3/t23-,24-,33?/m0/s1. The molecule has 0 spiro atoms. The predicted octanol–water partition coefficient (Wildman–Crippen LogP) is 4.77.